The van der Waals surface area contributed by atoms with Crippen molar-refractivity contribution in [3.8, 4) is 6.07 Å². The molecule has 0 atom stereocenters. The molecule has 1 aromatic carbocycles. The minimum Gasteiger partial charge on any atom is -0.478 e. The fourth-order valence-corrected chi connectivity index (χ4v) is 2.28. The lowest BCUT2D eigenvalue weighted by atomic mass is 10.1. The molecule has 1 aliphatic heterocycles. The molecule has 0 unspecified atom stereocenters. The van der Waals surface area contributed by atoms with E-state index >= 15 is 0 Å². The normalized spacial score (nSPS) is 14.5. The number of nitrogens with two attached hydrogens (primary N) is 1. The molecule has 1 saturated heterocycles. The van der Waals surface area contributed by atoms with Crippen LogP contribution < -0.4 is 16.1 Å². The maximum absolute atomic E-state index is 11.4. The molecule has 0 aliphatic carbocycles. The van der Waals surface area contributed by atoms with E-state index < -0.39 is 11.8 Å². The largest absolute Gasteiger partial charge is 0.478 e. The molecule has 0 radical (unpaired) electrons. The lowest BCUT2D eigenvalue weighted by Crippen LogP contribution is -2.22. The predicted molar refractivity (Wildman–Crippen MR) is 83.4 cm³/mol. The van der Waals surface area contributed by atoms with Crippen LogP contribution in [0.5, 0.6) is 0 Å². The first-order valence-electron chi connectivity index (χ1n) is 6.73. The van der Waals surface area contributed by atoms with Crippen LogP contribution in [0.25, 0.3) is 0 Å². The van der Waals surface area contributed by atoms with Crippen LogP contribution in [0.15, 0.2) is 23.3 Å². The number of anilines is 2. The molecule has 0 bridgehead atoms. The number of hydrogen-bond acceptors (Lipinski definition) is 6. The highest BCUT2D eigenvalue weighted by Crippen LogP contribution is 2.27. The average Bonchev–Trinajstić information content (AvgIpc) is 3.01. The minimum absolute atomic E-state index is 0.170. The zero-order valence-electron chi connectivity index (χ0n) is 11.8. The van der Waals surface area contributed by atoms with E-state index in [1.807, 2.05) is 4.90 Å². The van der Waals surface area contributed by atoms with Crippen molar-refractivity contribution in [3.63, 3.8) is 0 Å². The summed E-state index contributed by atoms with van der Waals surface area (Å²) in [5.74, 6) is -1.48. The molecule has 2 rings (SSSR count). The number of hydrazone groups is 1. The van der Waals surface area contributed by atoms with Gasteiger partial charge in [0.15, 0.2) is 5.84 Å². The lowest BCUT2D eigenvalue weighted by Gasteiger charge is -2.20. The first-order chi connectivity index (χ1) is 10.5. The Kier molecular flexibility index (Phi) is 4.58. The highest BCUT2D eigenvalue weighted by Gasteiger charge is 2.19. The zero-order chi connectivity index (χ0) is 16.1. The molecular weight excluding hydrogens is 284 g/mol. The Morgan fingerprint density at radius 2 is 2.14 bits per heavy atom. The Morgan fingerprint density at radius 1 is 1.45 bits per heavy atom. The molecule has 114 valence electrons. The number of nitrogens with one attached hydrogen (secondary N) is 2. The maximum Gasteiger partial charge on any atom is 0.337 e. The van der Waals surface area contributed by atoms with Crippen LogP contribution in [-0.2, 0) is 0 Å². The second kappa shape index (κ2) is 6.58. The fourth-order valence-electron chi connectivity index (χ4n) is 2.28. The molecule has 1 fully saturated rings. The van der Waals surface area contributed by atoms with E-state index in [9.17, 15) is 9.90 Å². The number of benzene rings is 1. The highest BCUT2D eigenvalue weighted by molar-refractivity contribution is 6.45. The van der Waals surface area contributed by atoms with Crippen molar-refractivity contribution in [3.05, 3.63) is 23.8 Å². The summed E-state index contributed by atoms with van der Waals surface area (Å²) in [6.45, 7) is 1.68. The summed E-state index contributed by atoms with van der Waals surface area (Å²) in [5.41, 5.74) is 8.73. The predicted octanol–water partition coefficient (Wildman–Crippen LogP) is 1.21. The van der Waals surface area contributed by atoms with E-state index in [1.54, 1.807) is 18.2 Å². The Labute approximate surface area is 127 Å². The van der Waals surface area contributed by atoms with Gasteiger partial charge in [-0.15, -0.1) is 0 Å². The van der Waals surface area contributed by atoms with Crippen molar-refractivity contribution in [2.75, 3.05) is 23.4 Å². The van der Waals surface area contributed by atoms with E-state index in [1.165, 1.54) is 6.07 Å². The molecule has 0 saturated carbocycles. The summed E-state index contributed by atoms with van der Waals surface area (Å²) in [7, 11) is 0. The van der Waals surface area contributed by atoms with Crippen molar-refractivity contribution in [1.82, 2.24) is 0 Å². The van der Waals surface area contributed by atoms with Gasteiger partial charge in [0, 0.05) is 13.1 Å². The van der Waals surface area contributed by atoms with Gasteiger partial charge < -0.3 is 15.7 Å². The van der Waals surface area contributed by atoms with Crippen LogP contribution in [0.2, 0.25) is 0 Å². The second-order valence-electron chi connectivity index (χ2n) is 4.83. The number of carboxylic acids is 1. The number of hydrogen-bond donors (Lipinski definition) is 4. The van der Waals surface area contributed by atoms with Crippen molar-refractivity contribution in [2.24, 2.45) is 10.8 Å². The standard InChI is InChI=1S/C14H16N6O2/c15-8-11(13(16)17)19-18-9-3-4-12(10(7-9)14(21)22)20-5-1-2-6-20/h3-4,7,18H,1-2,5-6H2,(H3,16,17)(H,21,22)/b19-11+. The SMILES string of the molecule is N#C/C(=N\Nc1ccc(N2CCCC2)c(C(=O)O)c1)C(=N)N. The third kappa shape index (κ3) is 3.32. The quantitative estimate of drug-likeness (QED) is 0.366. The van der Waals surface area contributed by atoms with Crippen molar-refractivity contribution < 1.29 is 9.90 Å². The monoisotopic (exact) mass is 300 g/mol. The van der Waals surface area contributed by atoms with E-state index in [0.717, 1.165) is 25.9 Å². The number of nitrogens with zero attached hydrogens (tertiary/aromatic N) is 3. The Morgan fingerprint density at radius 3 is 2.68 bits per heavy atom. The van der Waals surface area contributed by atoms with Gasteiger partial charge in [0.2, 0.25) is 5.71 Å². The molecular formula is C14H16N6O2. The first kappa shape index (κ1) is 15.3. The lowest BCUT2D eigenvalue weighted by molar-refractivity contribution is 0.0697. The van der Waals surface area contributed by atoms with Crippen molar-refractivity contribution >= 4 is 28.9 Å². The van der Waals surface area contributed by atoms with Crippen LogP contribution in [0.3, 0.4) is 0 Å². The van der Waals surface area contributed by atoms with Crippen LogP contribution in [0.4, 0.5) is 11.4 Å². The van der Waals surface area contributed by atoms with Crippen LogP contribution >= 0.6 is 0 Å². The first-order valence-corrected chi connectivity index (χ1v) is 6.73. The van der Waals surface area contributed by atoms with Gasteiger partial charge in [-0.3, -0.25) is 10.8 Å². The van der Waals surface area contributed by atoms with Crippen molar-refractivity contribution in [1.29, 1.82) is 10.7 Å². The van der Waals surface area contributed by atoms with Gasteiger partial charge >= 0.3 is 5.97 Å². The third-order valence-electron chi connectivity index (χ3n) is 3.33. The number of carbonyl (C=O) groups is 1. The summed E-state index contributed by atoms with van der Waals surface area (Å²) in [6, 6.07) is 6.53. The molecule has 0 spiro atoms. The second-order valence-corrected chi connectivity index (χ2v) is 4.83. The van der Waals surface area contributed by atoms with Crippen molar-refractivity contribution in [2.45, 2.75) is 12.8 Å². The maximum atomic E-state index is 11.4. The Balaban J connectivity index is 2.28. The Hall–Kier alpha value is -3.08. The van der Waals surface area contributed by atoms with Gasteiger partial charge in [0.05, 0.1) is 16.9 Å². The molecule has 1 aliphatic rings. The molecule has 22 heavy (non-hydrogen) atoms. The summed E-state index contributed by atoms with van der Waals surface area (Å²) in [5, 5.41) is 29.0. The average molecular weight is 300 g/mol. The van der Waals surface area contributed by atoms with Gasteiger partial charge in [0.1, 0.15) is 6.07 Å². The van der Waals surface area contributed by atoms with Gasteiger partial charge in [-0.05, 0) is 31.0 Å². The van der Waals surface area contributed by atoms with Gasteiger partial charge in [0.25, 0.3) is 0 Å². The molecule has 5 N–H and O–H groups in total. The summed E-state index contributed by atoms with van der Waals surface area (Å²) in [4.78, 5) is 13.5. The molecule has 8 nitrogen and oxygen atoms in total. The van der Waals surface area contributed by atoms with Crippen LogP contribution in [0.1, 0.15) is 23.2 Å². The third-order valence-corrected chi connectivity index (χ3v) is 3.33. The summed E-state index contributed by atoms with van der Waals surface area (Å²) >= 11 is 0. The molecule has 1 aromatic rings. The number of amidine groups is 1. The van der Waals surface area contributed by atoms with Gasteiger partial charge in [-0.2, -0.15) is 10.4 Å². The molecule has 8 heteroatoms. The summed E-state index contributed by atoms with van der Waals surface area (Å²) in [6.07, 6.45) is 2.10. The zero-order valence-corrected chi connectivity index (χ0v) is 11.8. The van der Waals surface area contributed by atoms with Gasteiger partial charge in [-0.25, -0.2) is 4.79 Å². The number of rotatable bonds is 5. The number of carboxylic acid groups (broad SMARTS) is 1. The topological polar surface area (TPSA) is 139 Å². The molecule has 1 heterocycles. The van der Waals surface area contributed by atoms with Crippen LogP contribution in [0, 0.1) is 16.7 Å². The smallest absolute Gasteiger partial charge is 0.337 e. The van der Waals surface area contributed by atoms with E-state index in [4.69, 9.17) is 16.4 Å². The number of aromatic carboxylic acids is 1. The minimum atomic E-state index is -1.03. The number of nitriles is 1. The summed E-state index contributed by atoms with van der Waals surface area (Å²) < 4.78 is 0. The molecule has 0 aromatic heterocycles. The Bertz CT molecular complexity index is 670. The van der Waals surface area contributed by atoms with E-state index in [0.29, 0.717) is 11.4 Å². The van der Waals surface area contributed by atoms with Gasteiger partial charge in [-0.1, -0.05) is 0 Å². The molecule has 0 amide bonds. The highest BCUT2D eigenvalue weighted by atomic mass is 16.4. The van der Waals surface area contributed by atoms with Crippen LogP contribution in [-0.4, -0.2) is 35.7 Å². The fraction of sp³-hybridized carbons (Fsp3) is 0.286. The van der Waals surface area contributed by atoms with E-state index in [-0.39, 0.29) is 11.3 Å². The van der Waals surface area contributed by atoms with E-state index in [2.05, 4.69) is 10.5 Å².